The Bertz CT molecular complexity index is 468. The lowest BCUT2D eigenvalue weighted by atomic mass is 10.2. The monoisotopic (exact) mass is 219 g/mol. The van der Waals surface area contributed by atoms with Crippen molar-refractivity contribution in [1.82, 2.24) is 10.1 Å². The van der Waals surface area contributed by atoms with Crippen molar-refractivity contribution >= 4 is 0 Å². The first-order valence-electron chi connectivity index (χ1n) is 4.99. The summed E-state index contributed by atoms with van der Waals surface area (Å²) in [5.41, 5.74) is 6.55. The number of nitrogens with two attached hydrogens (primary N) is 1. The summed E-state index contributed by atoms with van der Waals surface area (Å²) in [4.78, 5) is 4.05. The first kappa shape index (κ1) is 10.6. The first-order valence-corrected chi connectivity index (χ1v) is 4.99. The van der Waals surface area contributed by atoms with Crippen LogP contribution in [0.5, 0.6) is 5.75 Å². The molecule has 0 unspecified atom stereocenters. The third-order valence-corrected chi connectivity index (χ3v) is 2.12. The molecule has 5 heteroatoms. The molecule has 0 saturated carbocycles. The molecule has 0 bridgehead atoms. The van der Waals surface area contributed by atoms with E-state index in [2.05, 4.69) is 10.1 Å². The van der Waals surface area contributed by atoms with Crippen LogP contribution in [0, 0.1) is 6.92 Å². The van der Waals surface area contributed by atoms with Gasteiger partial charge in [-0.15, -0.1) is 0 Å². The van der Waals surface area contributed by atoms with Crippen molar-refractivity contribution in [2.75, 3.05) is 0 Å². The highest BCUT2D eigenvalue weighted by Gasteiger charge is 2.05. The molecular weight excluding hydrogens is 206 g/mol. The number of nitrogens with zero attached hydrogens (tertiary/aromatic N) is 2. The highest BCUT2D eigenvalue weighted by atomic mass is 16.5. The van der Waals surface area contributed by atoms with Gasteiger partial charge >= 0.3 is 0 Å². The summed E-state index contributed by atoms with van der Waals surface area (Å²) in [6.45, 7) is 2.47. The summed E-state index contributed by atoms with van der Waals surface area (Å²) < 4.78 is 10.4. The zero-order chi connectivity index (χ0) is 11.4. The van der Waals surface area contributed by atoms with Gasteiger partial charge in [-0.2, -0.15) is 4.98 Å². The van der Waals surface area contributed by atoms with Crippen LogP contribution < -0.4 is 10.5 Å². The Balaban J connectivity index is 2.04. The van der Waals surface area contributed by atoms with Gasteiger partial charge in [-0.3, -0.25) is 0 Å². The van der Waals surface area contributed by atoms with E-state index in [1.54, 1.807) is 6.92 Å². The Morgan fingerprint density at radius 1 is 1.38 bits per heavy atom. The first-order chi connectivity index (χ1) is 7.79. The van der Waals surface area contributed by atoms with Crippen LogP contribution in [-0.4, -0.2) is 10.1 Å². The van der Waals surface area contributed by atoms with Crippen LogP contribution >= 0.6 is 0 Å². The smallest absolute Gasteiger partial charge is 0.223 e. The molecule has 2 rings (SSSR count). The number of para-hydroxylation sites is 1. The molecule has 0 amide bonds. The molecular formula is C11H13N3O2. The SMILES string of the molecule is Cc1nc(COc2ccccc2CN)no1. The highest BCUT2D eigenvalue weighted by molar-refractivity contribution is 5.32. The number of aryl methyl sites for hydroxylation is 1. The van der Waals surface area contributed by atoms with Crippen LogP contribution in [0.4, 0.5) is 0 Å². The van der Waals surface area contributed by atoms with Gasteiger partial charge in [-0.25, -0.2) is 0 Å². The van der Waals surface area contributed by atoms with Gasteiger partial charge < -0.3 is 15.0 Å². The van der Waals surface area contributed by atoms with E-state index in [0.717, 1.165) is 11.3 Å². The van der Waals surface area contributed by atoms with Gasteiger partial charge in [0, 0.05) is 19.0 Å². The van der Waals surface area contributed by atoms with Gasteiger partial charge in [0.05, 0.1) is 0 Å². The Hall–Kier alpha value is -1.88. The molecule has 2 aromatic rings. The molecule has 0 saturated heterocycles. The van der Waals surface area contributed by atoms with Gasteiger partial charge in [0.1, 0.15) is 5.75 Å². The number of hydrogen-bond acceptors (Lipinski definition) is 5. The predicted molar refractivity (Wildman–Crippen MR) is 57.7 cm³/mol. The fraction of sp³-hybridized carbons (Fsp3) is 0.273. The van der Waals surface area contributed by atoms with E-state index in [4.69, 9.17) is 15.0 Å². The number of rotatable bonds is 4. The van der Waals surface area contributed by atoms with E-state index in [1.165, 1.54) is 0 Å². The summed E-state index contributed by atoms with van der Waals surface area (Å²) in [6, 6.07) is 7.62. The fourth-order valence-electron chi connectivity index (χ4n) is 1.36. The van der Waals surface area contributed by atoms with Gasteiger partial charge in [-0.1, -0.05) is 23.4 Å². The average Bonchev–Trinajstić information content (AvgIpc) is 2.73. The molecule has 1 aromatic heterocycles. The second-order valence-electron chi connectivity index (χ2n) is 3.33. The molecule has 16 heavy (non-hydrogen) atoms. The van der Waals surface area contributed by atoms with Crippen molar-refractivity contribution in [3.05, 3.63) is 41.5 Å². The lowest BCUT2D eigenvalue weighted by Crippen LogP contribution is -2.03. The van der Waals surface area contributed by atoms with Crippen LogP contribution in [0.25, 0.3) is 0 Å². The minimum Gasteiger partial charge on any atom is -0.485 e. The lowest BCUT2D eigenvalue weighted by Gasteiger charge is -2.07. The Labute approximate surface area is 93.2 Å². The zero-order valence-electron chi connectivity index (χ0n) is 9.01. The van der Waals surface area contributed by atoms with Crippen molar-refractivity contribution in [3.8, 4) is 5.75 Å². The van der Waals surface area contributed by atoms with Gasteiger partial charge in [0.15, 0.2) is 6.61 Å². The van der Waals surface area contributed by atoms with Gasteiger partial charge in [0.2, 0.25) is 11.7 Å². The second-order valence-corrected chi connectivity index (χ2v) is 3.33. The topological polar surface area (TPSA) is 74.2 Å². The zero-order valence-corrected chi connectivity index (χ0v) is 9.01. The van der Waals surface area contributed by atoms with Crippen molar-refractivity contribution in [2.24, 2.45) is 5.73 Å². The molecule has 0 aliphatic carbocycles. The average molecular weight is 219 g/mol. The van der Waals surface area contributed by atoms with Crippen molar-refractivity contribution < 1.29 is 9.26 Å². The Morgan fingerprint density at radius 2 is 2.19 bits per heavy atom. The third-order valence-electron chi connectivity index (χ3n) is 2.12. The van der Waals surface area contributed by atoms with E-state index in [1.807, 2.05) is 24.3 Å². The number of hydrogen-bond donors (Lipinski definition) is 1. The lowest BCUT2D eigenvalue weighted by molar-refractivity contribution is 0.283. The molecule has 2 N–H and O–H groups in total. The molecule has 0 radical (unpaired) electrons. The van der Waals surface area contributed by atoms with Crippen molar-refractivity contribution in [2.45, 2.75) is 20.1 Å². The van der Waals surface area contributed by atoms with E-state index in [0.29, 0.717) is 18.3 Å². The van der Waals surface area contributed by atoms with E-state index >= 15 is 0 Å². The van der Waals surface area contributed by atoms with Crippen LogP contribution in [0.3, 0.4) is 0 Å². The fourth-order valence-corrected chi connectivity index (χ4v) is 1.36. The van der Waals surface area contributed by atoms with Gasteiger partial charge in [0.25, 0.3) is 0 Å². The molecule has 0 fully saturated rings. The number of aromatic nitrogens is 2. The third kappa shape index (κ3) is 2.38. The van der Waals surface area contributed by atoms with E-state index in [9.17, 15) is 0 Å². The molecule has 0 aliphatic heterocycles. The normalized spacial score (nSPS) is 10.4. The maximum Gasteiger partial charge on any atom is 0.223 e. The summed E-state index contributed by atoms with van der Waals surface area (Å²) in [6.07, 6.45) is 0. The summed E-state index contributed by atoms with van der Waals surface area (Å²) in [5.74, 6) is 1.82. The quantitative estimate of drug-likeness (QED) is 0.841. The van der Waals surface area contributed by atoms with E-state index < -0.39 is 0 Å². The molecule has 84 valence electrons. The maximum atomic E-state index is 5.59. The minimum absolute atomic E-state index is 0.286. The van der Waals surface area contributed by atoms with Crippen LogP contribution in [-0.2, 0) is 13.2 Å². The Kier molecular flexibility index (Phi) is 3.16. The summed E-state index contributed by atoms with van der Waals surface area (Å²) >= 11 is 0. The molecule has 0 atom stereocenters. The van der Waals surface area contributed by atoms with Crippen molar-refractivity contribution in [1.29, 1.82) is 0 Å². The standard InChI is InChI=1S/C11H13N3O2/c1-8-13-11(14-16-8)7-15-10-5-3-2-4-9(10)6-12/h2-5H,6-7,12H2,1H3. The second kappa shape index (κ2) is 4.76. The van der Waals surface area contributed by atoms with Crippen molar-refractivity contribution in [3.63, 3.8) is 0 Å². The van der Waals surface area contributed by atoms with Crippen LogP contribution in [0.2, 0.25) is 0 Å². The number of ether oxygens (including phenoxy) is 1. The molecule has 1 heterocycles. The summed E-state index contributed by atoms with van der Waals surface area (Å²) in [7, 11) is 0. The molecule has 1 aromatic carbocycles. The largest absolute Gasteiger partial charge is 0.485 e. The maximum absolute atomic E-state index is 5.59. The Morgan fingerprint density at radius 3 is 2.88 bits per heavy atom. The summed E-state index contributed by atoms with van der Waals surface area (Å²) in [5, 5.41) is 3.74. The predicted octanol–water partition coefficient (Wildman–Crippen LogP) is 1.42. The highest BCUT2D eigenvalue weighted by Crippen LogP contribution is 2.17. The minimum atomic E-state index is 0.286. The van der Waals surface area contributed by atoms with Crippen LogP contribution in [0.15, 0.2) is 28.8 Å². The van der Waals surface area contributed by atoms with E-state index in [-0.39, 0.29) is 6.61 Å². The molecule has 5 nitrogen and oxygen atoms in total. The number of benzene rings is 1. The molecule has 0 aliphatic rings. The van der Waals surface area contributed by atoms with Crippen LogP contribution in [0.1, 0.15) is 17.3 Å². The molecule has 0 spiro atoms. The van der Waals surface area contributed by atoms with Gasteiger partial charge in [-0.05, 0) is 6.07 Å².